The summed E-state index contributed by atoms with van der Waals surface area (Å²) in [4.78, 5) is 15.5. The number of aliphatic carboxylic acids is 1. The van der Waals surface area contributed by atoms with Gasteiger partial charge in [-0.15, -0.1) is 11.8 Å². The van der Waals surface area contributed by atoms with Crippen LogP contribution in [0, 0.1) is 0 Å². The van der Waals surface area contributed by atoms with E-state index in [2.05, 4.69) is 4.99 Å². The number of fused-ring (bicyclic) bond motifs is 1. The number of carboxylic acid groups (broad SMARTS) is 1. The van der Waals surface area contributed by atoms with Gasteiger partial charge in [0.15, 0.2) is 6.04 Å². The summed E-state index contributed by atoms with van der Waals surface area (Å²) in [6, 6.07) is 14.6. The van der Waals surface area contributed by atoms with Crippen molar-refractivity contribution in [3.8, 4) is 0 Å². The Morgan fingerprint density at radius 3 is 2.62 bits per heavy atom. The molecule has 1 aliphatic heterocycles. The maximum Gasteiger partial charge on any atom is 0.329 e. The van der Waals surface area contributed by atoms with E-state index in [-0.39, 0.29) is 4.90 Å². The molecule has 0 spiro atoms. The number of aromatic nitrogens is 1. The summed E-state index contributed by atoms with van der Waals surface area (Å²) in [7, 11) is -3.67. The molecule has 0 amide bonds. The Balaban J connectivity index is 1.76. The normalized spacial score (nSPS) is 17.4. The van der Waals surface area contributed by atoms with E-state index < -0.39 is 22.0 Å². The molecule has 1 aliphatic rings. The van der Waals surface area contributed by atoms with Gasteiger partial charge < -0.3 is 5.11 Å². The Bertz CT molecular complexity index is 1130. The van der Waals surface area contributed by atoms with Crippen molar-refractivity contribution < 1.29 is 18.3 Å². The van der Waals surface area contributed by atoms with E-state index in [1.165, 1.54) is 21.9 Å². The lowest BCUT2D eigenvalue weighted by Gasteiger charge is -2.08. The zero-order valence-electron chi connectivity index (χ0n) is 13.4. The first-order valence-electron chi connectivity index (χ1n) is 7.82. The molecule has 1 atom stereocenters. The summed E-state index contributed by atoms with van der Waals surface area (Å²) in [5.41, 5.74) is 1.36. The van der Waals surface area contributed by atoms with Crippen molar-refractivity contribution in [2.45, 2.75) is 10.9 Å². The third kappa shape index (κ3) is 2.81. The molecule has 4 rings (SSSR count). The van der Waals surface area contributed by atoms with Crippen molar-refractivity contribution in [3.63, 3.8) is 0 Å². The summed E-state index contributed by atoms with van der Waals surface area (Å²) in [5, 5.41) is 10.5. The fourth-order valence-electron chi connectivity index (χ4n) is 2.82. The molecule has 26 heavy (non-hydrogen) atoms. The van der Waals surface area contributed by atoms with Crippen LogP contribution in [0.4, 0.5) is 0 Å². The fourth-order valence-corrected chi connectivity index (χ4v) is 5.23. The molecule has 3 aromatic rings. The van der Waals surface area contributed by atoms with Crippen LogP contribution in [0.2, 0.25) is 0 Å². The monoisotopic (exact) mass is 386 g/mol. The highest BCUT2D eigenvalue weighted by Crippen LogP contribution is 2.28. The van der Waals surface area contributed by atoms with Crippen LogP contribution in [0.3, 0.4) is 0 Å². The lowest BCUT2D eigenvalue weighted by Crippen LogP contribution is -2.17. The van der Waals surface area contributed by atoms with E-state index in [4.69, 9.17) is 5.11 Å². The van der Waals surface area contributed by atoms with Gasteiger partial charge in [0.1, 0.15) is 0 Å². The first-order chi connectivity index (χ1) is 12.5. The smallest absolute Gasteiger partial charge is 0.329 e. The standard InChI is InChI=1S/C18H14N2O4S2/c21-18(22)15-11-25-17(19-15)13-6-7-16-12(10-13)8-9-20(16)26(23,24)14-4-2-1-3-5-14/h1-10,15H,11H2,(H,21,22)/t15-/m0/s1. The van der Waals surface area contributed by atoms with Gasteiger partial charge in [-0.3, -0.25) is 4.99 Å². The predicted molar refractivity (Wildman–Crippen MR) is 101 cm³/mol. The third-order valence-electron chi connectivity index (χ3n) is 4.14. The van der Waals surface area contributed by atoms with Crippen molar-refractivity contribution in [1.29, 1.82) is 0 Å². The van der Waals surface area contributed by atoms with Gasteiger partial charge in [0.05, 0.1) is 15.5 Å². The van der Waals surface area contributed by atoms with E-state index in [0.29, 0.717) is 16.3 Å². The summed E-state index contributed by atoms with van der Waals surface area (Å²) in [5.74, 6) is -0.528. The average Bonchev–Trinajstić information content (AvgIpc) is 3.29. The molecule has 1 aromatic heterocycles. The molecule has 6 nitrogen and oxygen atoms in total. The van der Waals surface area contributed by atoms with Gasteiger partial charge in [-0.1, -0.05) is 24.3 Å². The number of benzene rings is 2. The van der Waals surface area contributed by atoms with Gasteiger partial charge in [0.25, 0.3) is 10.0 Å². The lowest BCUT2D eigenvalue weighted by molar-refractivity contribution is -0.137. The molecule has 132 valence electrons. The van der Waals surface area contributed by atoms with Gasteiger partial charge in [0, 0.05) is 22.9 Å². The highest BCUT2D eigenvalue weighted by molar-refractivity contribution is 8.14. The van der Waals surface area contributed by atoms with E-state index in [9.17, 15) is 13.2 Å². The SMILES string of the molecule is O=C(O)[C@@H]1CSC(c2ccc3c(ccn3S(=O)(=O)c3ccccc3)c2)=N1. The second-order valence-corrected chi connectivity index (χ2v) is 8.63. The minimum Gasteiger partial charge on any atom is -0.480 e. The molecule has 8 heteroatoms. The first-order valence-corrected chi connectivity index (χ1v) is 10.2. The molecule has 0 saturated carbocycles. The van der Waals surface area contributed by atoms with Crippen molar-refractivity contribution in [3.05, 3.63) is 66.4 Å². The molecule has 0 unspecified atom stereocenters. The molecule has 0 radical (unpaired) electrons. The molecule has 0 saturated heterocycles. The summed E-state index contributed by atoms with van der Waals surface area (Å²) >= 11 is 1.39. The number of thioether (sulfide) groups is 1. The van der Waals surface area contributed by atoms with Crippen LogP contribution in [0.5, 0.6) is 0 Å². The summed E-state index contributed by atoms with van der Waals surface area (Å²) in [6.45, 7) is 0. The number of nitrogens with zero attached hydrogens (tertiary/aromatic N) is 2. The molecule has 1 N–H and O–H groups in total. The minimum absolute atomic E-state index is 0.224. The number of rotatable bonds is 4. The van der Waals surface area contributed by atoms with Crippen LogP contribution in [0.1, 0.15) is 5.56 Å². The van der Waals surface area contributed by atoms with Crippen LogP contribution >= 0.6 is 11.8 Å². The Morgan fingerprint density at radius 1 is 1.15 bits per heavy atom. The fraction of sp³-hybridized carbons (Fsp3) is 0.111. The number of carboxylic acids is 1. The highest BCUT2D eigenvalue weighted by atomic mass is 32.2. The molecule has 0 fully saturated rings. The molecular formula is C18H14N2O4S2. The predicted octanol–water partition coefficient (Wildman–Crippen LogP) is 2.82. The molecule has 2 heterocycles. The second-order valence-electron chi connectivity index (χ2n) is 5.80. The lowest BCUT2D eigenvalue weighted by atomic mass is 10.2. The summed E-state index contributed by atoms with van der Waals surface area (Å²) < 4.78 is 26.9. The maximum atomic E-state index is 12.8. The second kappa shape index (κ2) is 6.30. The van der Waals surface area contributed by atoms with E-state index in [1.54, 1.807) is 48.5 Å². The van der Waals surface area contributed by atoms with Crippen LogP contribution < -0.4 is 0 Å². The average molecular weight is 386 g/mol. The van der Waals surface area contributed by atoms with Crippen molar-refractivity contribution in [2.75, 3.05) is 5.75 Å². The molecule has 2 aromatic carbocycles. The van der Waals surface area contributed by atoms with Gasteiger partial charge in [-0.05, 0) is 30.3 Å². The topological polar surface area (TPSA) is 88.7 Å². The molecular weight excluding hydrogens is 372 g/mol. The molecule has 0 bridgehead atoms. The quantitative estimate of drug-likeness (QED) is 0.745. The minimum atomic E-state index is -3.67. The Labute approximate surface area is 154 Å². The van der Waals surface area contributed by atoms with Crippen LogP contribution in [-0.4, -0.2) is 40.3 Å². The van der Waals surface area contributed by atoms with Gasteiger partial charge in [-0.2, -0.15) is 0 Å². The van der Waals surface area contributed by atoms with Crippen LogP contribution in [0.15, 0.2) is 70.7 Å². The Kier molecular flexibility index (Phi) is 4.08. The maximum absolute atomic E-state index is 12.8. The highest BCUT2D eigenvalue weighted by Gasteiger charge is 2.25. The van der Waals surface area contributed by atoms with E-state index in [0.717, 1.165) is 10.9 Å². The van der Waals surface area contributed by atoms with Crippen molar-refractivity contribution in [1.82, 2.24) is 3.97 Å². The van der Waals surface area contributed by atoms with E-state index in [1.807, 2.05) is 6.07 Å². The number of carbonyl (C=O) groups is 1. The largest absolute Gasteiger partial charge is 0.480 e. The zero-order valence-corrected chi connectivity index (χ0v) is 15.1. The van der Waals surface area contributed by atoms with Crippen LogP contribution in [0.25, 0.3) is 10.9 Å². The van der Waals surface area contributed by atoms with Gasteiger partial charge >= 0.3 is 5.97 Å². The number of hydrogen-bond acceptors (Lipinski definition) is 5. The Morgan fingerprint density at radius 2 is 1.92 bits per heavy atom. The number of aliphatic imine (C=N–C) groups is 1. The zero-order chi connectivity index (χ0) is 18.3. The van der Waals surface area contributed by atoms with E-state index >= 15 is 0 Å². The van der Waals surface area contributed by atoms with Crippen LogP contribution in [-0.2, 0) is 14.8 Å². The Hall–Kier alpha value is -2.58. The summed E-state index contributed by atoms with van der Waals surface area (Å²) in [6.07, 6.45) is 1.53. The first kappa shape index (κ1) is 16.9. The third-order valence-corrected chi connectivity index (χ3v) is 6.94. The van der Waals surface area contributed by atoms with Crippen molar-refractivity contribution in [2.24, 2.45) is 4.99 Å². The number of hydrogen-bond donors (Lipinski definition) is 1. The molecule has 0 aliphatic carbocycles. The van der Waals surface area contributed by atoms with Gasteiger partial charge in [-0.25, -0.2) is 17.2 Å². The van der Waals surface area contributed by atoms with Crippen molar-refractivity contribution >= 4 is 43.7 Å². The van der Waals surface area contributed by atoms with Gasteiger partial charge in [0.2, 0.25) is 0 Å².